The van der Waals surface area contributed by atoms with Gasteiger partial charge in [-0.1, -0.05) is 50.2 Å². The fourth-order valence-corrected chi connectivity index (χ4v) is 5.52. The number of benzene rings is 2. The van der Waals surface area contributed by atoms with E-state index in [1.165, 1.54) is 12.1 Å². The quantitative estimate of drug-likeness (QED) is 0.210. The van der Waals surface area contributed by atoms with Crippen molar-refractivity contribution in [1.29, 1.82) is 5.41 Å². The van der Waals surface area contributed by atoms with Crippen LogP contribution in [0.1, 0.15) is 47.3 Å². The van der Waals surface area contributed by atoms with Gasteiger partial charge in [-0.3, -0.25) is 10.2 Å². The summed E-state index contributed by atoms with van der Waals surface area (Å²) >= 11 is 0. The Bertz CT molecular complexity index is 1390. The molecule has 0 bridgehead atoms. The predicted molar refractivity (Wildman–Crippen MR) is 142 cm³/mol. The smallest absolute Gasteiger partial charge is 0.240 e. The van der Waals surface area contributed by atoms with Crippen LogP contribution < -0.4 is 4.72 Å². The van der Waals surface area contributed by atoms with Crippen LogP contribution in [0.2, 0.25) is 0 Å². The molecule has 0 amide bonds. The van der Waals surface area contributed by atoms with Gasteiger partial charge in [0.05, 0.1) is 34.0 Å². The van der Waals surface area contributed by atoms with Crippen molar-refractivity contribution >= 4 is 21.5 Å². The second-order valence-corrected chi connectivity index (χ2v) is 10.5. The van der Waals surface area contributed by atoms with Crippen molar-refractivity contribution in [2.45, 2.75) is 25.2 Å². The van der Waals surface area contributed by atoms with Gasteiger partial charge in [0, 0.05) is 30.8 Å². The molecule has 37 heavy (non-hydrogen) atoms. The molecule has 10 heteroatoms. The van der Waals surface area contributed by atoms with E-state index in [0.717, 1.165) is 19.6 Å². The van der Waals surface area contributed by atoms with Crippen LogP contribution in [0.3, 0.4) is 0 Å². The van der Waals surface area contributed by atoms with Gasteiger partial charge in [-0.15, -0.1) is 0 Å². The van der Waals surface area contributed by atoms with E-state index in [4.69, 9.17) is 10.1 Å². The highest BCUT2D eigenvalue weighted by Gasteiger charge is 2.34. The third kappa shape index (κ3) is 5.52. The summed E-state index contributed by atoms with van der Waals surface area (Å²) < 4.78 is 33.6. The summed E-state index contributed by atoms with van der Waals surface area (Å²) in [5.74, 6) is -0.568. The number of rotatable bonds is 12. The van der Waals surface area contributed by atoms with Crippen LogP contribution >= 0.6 is 0 Å². The van der Waals surface area contributed by atoms with Crippen molar-refractivity contribution in [3.8, 4) is 17.1 Å². The number of nitrogens with zero attached hydrogens (tertiary/aromatic N) is 1. The molecule has 0 spiro atoms. The number of carbonyl (C=O) groups is 1. The molecule has 4 rings (SSSR count). The van der Waals surface area contributed by atoms with Crippen molar-refractivity contribution in [2.75, 3.05) is 39.4 Å². The summed E-state index contributed by atoms with van der Waals surface area (Å²) in [5.41, 5.74) is 2.13. The first-order valence-corrected chi connectivity index (χ1v) is 13.8. The number of sulfonamides is 1. The summed E-state index contributed by atoms with van der Waals surface area (Å²) in [7, 11) is -3.72. The van der Waals surface area contributed by atoms with Crippen LogP contribution in [0.4, 0.5) is 0 Å². The van der Waals surface area contributed by atoms with Crippen LogP contribution in [0, 0.1) is 5.41 Å². The number of aromatic nitrogens is 1. The molecule has 9 nitrogen and oxygen atoms in total. The number of ketones is 1. The molecule has 1 aliphatic carbocycles. The normalized spacial score (nSPS) is 13.2. The van der Waals surface area contributed by atoms with Crippen LogP contribution in [0.5, 0.6) is 5.88 Å². The van der Waals surface area contributed by atoms with Gasteiger partial charge in [0.25, 0.3) is 0 Å². The predicted octanol–water partition coefficient (Wildman–Crippen LogP) is 3.37. The van der Waals surface area contributed by atoms with Crippen molar-refractivity contribution in [2.24, 2.45) is 0 Å². The van der Waals surface area contributed by atoms with Gasteiger partial charge < -0.3 is 19.7 Å². The van der Waals surface area contributed by atoms with E-state index in [1.54, 1.807) is 36.4 Å². The topological polar surface area (TPSA) is 136 Å². The number of likely N-dealkylation sites (N-methyl/N-ethyl adjacent to an activating group) is 1. The number of hydrogen-bond acceptors (Lipinski definition) is 7. The standard InChI is InChI=1S/C27H32N4O5S/c1-3-31(4-2)15-17-36-16-7-14-29-37(34,35)19-12-10-18(11-13-19)25-23-22(27(33)30-25)24(28)20-8-5-6-9-21(20)26(23)32/h5-6,8-13,28-30,33H,3-4,7,14-17H2,1-2H3. The Kier molecular flexibility index (Phi) is 8.23. The summed E-state index contributed by atoms with van der Waals surface area (Å²) in [6, 6.07) is 12.9. The van der Waals surface area contributed by atoms with Crippen molar-refractivity contribution in [3.05, 3.63) is 70.8 Å². The molecule has 0 fully saturated rings. The Hall–Kier alpha value is -3.31. The Balaban J connectivity index is 1.41. The molecule has 1 aromatic heterocycles. The minimum Gasteiger partial charge on any atom is -0.494 e. The molecule has 0 radical (unpaired) electrons. The zero-order chi connectivity index (χ0) is 26.6. The van der Waals surface area contributed by atoms with Crippen LogP contribution in [-0.2, 0) is 14.8 Å². The fraction of sp³-hybridized carbons (Fsp3) is 0.333. The van der Waals surface area contributed by atoms with Crippen molar-refractivity contribution in [1.82, 2.24) is 14.6 Å². The highest BCUT2D eigenvalue weighted by atomic mass is 32.2. The number of aromatic amines is 1. The lowest BCUT2D eigenvalue weighted by atomic mass is 9.84. The van der Waals surface area contributed by atoms with Gasteiger partial charge in [-0.2, -0.15) is 0 Å². The second kappa shape index (κ2) is 11.4. The molecule has 3 aromatic rings. The van der Waals surface area contributed by atoms with E-state index in [9.17, 15) is 18.3 Å². The second-order valence-electron chi connectivity index (χ2n) is 8.76. The number of ether oxygens (including phenoxy) is 1. The average Bonchev–Trinajstić information content (AvgIpc) is 3.26. The van der Waals surface area contributed by atoms with Gasteiger partial charge in [-0.05, 0) is 37.2 Å². The molecule has 0 atom stereocenters. The van der Waals surface area contributed by atoms with Gasteiger partial charge >= 0.3 is 0 Å². The summed E-state index contributed by atoms with van der Waals surface area (Å²) in [5, 5.41) is 19.0. The molecule has 196 valence electrons. The Morgan fingerprint density at radius 3 is 2.35 bits per heavy atom. The zero-order valence-corrected chi connectivity index (χ0v) is 21.8. The first-order chi connectivity index (χ1) is 17.8. The average molecular weight is 525 g/mol. The van der Waals surface area contributed by atoms with E-state index in [2.05, 4.69) is 28.5 Å². The number of aromatic hydroxyl groups is 1. The van der Waals surface area contributed by atoms with E-state index in [1.807, 2.05) is 0 Å². The lowest BCUT2D eigenvalue weighted by molar-refractivity contribution is 0.103. The maximum atomic E-state index is 13.2. The number of carbonyl (C=O) groups excluding carboxylic acids is 1. The monoisotopic (exact) mass is 524 g/mol. The Morgan fingerprint density at radius 1 is 1.00 bits per heavy atom. The maximum Gasteiger partial charge on any atom is 0.240 e. The molecule has 1 aliphatic rings. The molecule has 0 aliphatic heterocycles. The largest absolute Gasteiger partial charge is 0.494 e. The first kappa shape index (κ1) is 26.7. The first-order valence-electron chi connectivity index (χ1n) is 12.4. The lowest BCUT2D eigenvalue weighted by Crippen LogP contribution is -2.28. The number of hydrogen-bond donors (Lipinski definition) is 4. The fourth-order valence-electron chi connectivity index (χ4n) is 4.44. The van der Waals surface area contributed by atoms with Crippen molar-refractivity contribution < 1.29 is 23.1 Å². The van der Waals surface area contributed by atoms with Crippen LogP contribution in [0.25, 0.3) is 11.3 Å². The molecule has 0 saturated carbocycles. The summed E-state index contributed by atoms with van der Waals surface area (Å²) in [6.45, 7) is 8.34. The third-order valence-electron chi connectivity index (χ3n) is 6.56. The van der Waals surface area contributed by atoms with E-state index in [0.29, 0.717) is 42.0 Å². The highest BCUT2D eigenvalue weighted by Crippen LogP contribution is 2.39. The molecule has 2 aromatic carbocycles. The van der Waals surface area contributed by atoms with Crippen molar-refractivity contribution in [3.63, 3.8) is 0 Å². The molecular weight excluding hydrogens is 492 g/mol. The maximum absolute atomic E-state index is 13.2. The number of nitrogens with one attached hydrogen (secondary N) is 3. The van der Waals surface area contributed by atoms with Crippen LogP contribution in [-0.4, -0.2) is 74.3 Å². The van der Waals surface area contributed by atoms with Gasteiger partial charge in [0.15, 0.2) is 11.7 Å². The highest BCUT2D eigenvalue weighted by molar-refractivity contribution is 7.89. The minimum atomic E-state index is -3.72. The van der Waals surface area contributed by atoms with E-state index < -0.39 is 10.0 Å². The molecule has 1 heterocycles. The lowest BCUT2D eigenvalue weighted by Gasteiger charge is -2.17. The summed E-state index contributed by atoms with van der Waals surface area (Å²) in [6.07, 6.45) is 0.555. The molecule has 4 N–H and O–H groups in total. The zero-order valence-electron chi connectivity index (χ0n) is 21.0. The van der Waals surface area contributed by atoms with Gasteiger partial charge in [0.2, 0.25) is 10.0 Å². The van der Waals surface area contributed by atoms with E-state index in [-0.39, 0.29) is 39.9 Å². The van der Waals surface area contributed by atoms with Crippen LogP contribution in [0.15, 0.2) is 53.4 Å². The number of fused-ring (bicyclic) bond motifs is 2. The number of H-pyrrole nitrogens is 1. The molecular formula is C27H32N4O5S. The summed E-state index contributed by atoms with van der Waals surface area (Å²) in [4.78, 5) is 18.4. The Morgan fingerprint density at radius 2 is 1.68 bits per heavy atom. The van der Waals surface area contributed by atoms with Gasteiger partial charge in [-0.25, -0.2) is 13.1 Å². The molecule has 0 saturated heterocycles. The molecule has 0 unspecified atom stereocenters. The third-order valence-corrected chi connectivity index (χ3v) is 8.03. The van der Waals surface area contributed by atoms with E-state index >= 15 is 0 Å². The minimum absolute atomic E-state index is 0.0608. The SMILES string of the molecule is CCN(CC)CCOCCCNS(=O)(=O)c1ccc(-c2[nH]c(O)c3c2C(=O)c2ccccc2C3=N)cc1. The van der Waals surface area contributed by atoms with Gasteiger partial charge in [0.1, 0.15) is 0 Å². The Labute approximate surface area is 217 Å².